The summed E-state index contributed by atoms with van der Waals surface area (Å²) in [6.07, 6.45) is 1.91. The van der Waals surface area contributed by atoms with E-state index in [0.717, 1.165) is 0 Å². The third-order valence-electron chi connectivity index (χ3n) is 4.04. The third kappa shape index (κ3) is 6.43. The van der Waals surface area contributed by atoms with Crippen LogP contribution in [0.15, 0.2) is 36.5 Å². The molecule has 0 N–H and O–H groups in total. The smallest absolute Gasteiger partial charge is 0.0432 e. The molecule has 2 heteroatoms. The number of aromatic nitrogens is 2. The summed E-state index contributed by atoms with van der Waals surface area (Å²) in [5, 5.41) is 0. The lowest BCUT2D eigenvalue weighted by Crippen LogP contribution is -1.98. The lowest BCUT2D eigenvalue weighted by atomic mass is 10.0. The molecule has 0 saturated carbocycles. The Hall–Kier alpha value is -1.70. The molecule has 0 atom stereocenters. The van der Waals surface area contributed by atoms with Gasteiger partial charge in [0.05, 0.1) is 0 Å². The molecular weight excluding hydrogens is 292 g/mol. The van der Waals surface area contributed by atoms with Crippen molar-refractivity contribution in [2.75, 3.05) is 0 Å². The first-order valence-corrected chi connectivity index (χ1v) is 9.15. The average Bonchev–Trinajstić information content (AvgIpc) is 2.55. The normalized spacial score (nSPS) is 11.2. The van der Waals surface area contributed by atoms with Crippen molar-refractivity contribution in [3.8, 4) is 0 Å². The number of nitrogens with zero attached hydrogens (tertiary/aromatic N) is 2. The summed E-state index contributed by atoms with van der Waals surface area (Å²) in [6.45, 7) is 17.5. The predicted molar refractivity (Wildman–Crippen MR) is 105 cm³/mol. The van der Waals surface area contributed by atoms with Gasteiger partial charge in [-0.25, -0.2) is 0 Å². The molecule has 2 rings (SSSR count). The largest absolute Gasteiger partial charge is 0.261 e. The van der Waals surface area contributed by atoms with Gasteiger partial charge in [-0.1, -0.05) is 61.5 Å². The summed E-state index contributed by atoms with van der Waals surface area (Å²) in [4.78, 5) is 8.89. The Morgan fingerprint density at radius 2 is 1.12 bits per heavy atom. The van der Waals surface area contributed by atoms with E-state index in [9.17, 15) is 0 Å². The highest BCUT2D eigenvalue weighted by atomic mass is 14.7. The van der Waals surface area contributed by atoms with E-state index in [4.69, 9.17) is 0 Å². The summed E-state index contributed by atoms with van der Waals surface area (Å²) < 4.78 is 0. The minimum atomic E-state index is 0.531. The Morgan fingerprint density at radius 1 is 0.625 bits per heavy atom. The average molecular weight is 327 g/mol. The standard InChI is InChI=1S/2C11H17N/c1-8(2)10-5-6-12-11(7-10)9(3)4;1-8(2)10-6-5-7-11(12-10)9(3)4/h2*5-9H,1-4H3. The fourth-order valence-electron chi connectivity index (χ4n) is 2.25. The molecule has 2 aromatic rings. The van der Waals surface area contributed by atoms with E-state index in [0.29, 0.717) is 23.7 Å². The highest BCUT2D eigenvalue weighted by Gasteiger charge is 2.04. The van der Waals surface area contributed by atoms with Crippen molar-refractivity contribution in [1.82, 2.24) is 9.97 Å². The molecular formula is C22H34N2. The maximum Gasteiger partial charge on any atom is 0.0432 e. The minimum Gasteiger partial charge on any atom is -0.261 e. The molecule has 0 bridgehead atoms. The fraction of sp³-hybridized carbons (Fsp3) is 0.545. The van der Waals surface area contributed by atoms with Crippen LogP contribution in [0.25, 0.3) is 0 Å². The van der Waals surface area contributed by atoms with Gasteiger partial charge in [0.25, 0.3) is 0 Å². The van der Waals surface area contributed by atoms with Gasteiger partial charge in [0.2, 0.25) is 0 Å². The number of rotatable bonds is 4. The molecule has 0 aromatic carbocycles. The van der Waals surface area contributed by atoms with E-state index in [2.05, 4.69) is 95.7 Å². The van der Waals surface area contributed by atoms with E-state index < -0.39 is 0 Å². The fourth-order valence-corrected chi connectivity index (χ4v) is 2.25. The lowest BCUT2D eigenvalue weighted by molar-refractivity contribution is 0.765. The Morgan fingerprint density at radius 3 is 1.54 bits per heavy atom. The van der Waals surface area contributed by atoms with Crippen molar-refractivity contribution >= 4 is 0 Å². The van der Waals surface area contributed by atoms with Crippen LogP contribution in [-0.4, -0.2) is 9.97 Å². The quantitative estimate of drug-likeness (QED) is 0.628. The van der Waals surface area contributed by atoms with Crippen LogP contribution >= 0.6 is 0 Å². The van der Waals surface area contributed by atoms with Crippen LogP contribution in [0.2, 0.25) is 0 Å². The Labute approximate surface area is 148 Å². The van der Waals surface area contributed by atoms with Crippen LogP contribution in [0.5, 0.6) is 0 Å². The minimum absolute atomic E-state index is 0.531. The van der Waals surface area contributed by atoms with Gasteiger partial charge >= 0.3 is 0 Å². The molecule has 0 radical (unpaired) electrons. The Kier molecular flexibility index (Phi) is 8.10. The zero-order valence-electron chi connectivity index (χ0n) is 16.7. The molecule has 24 heavy (non-hydrogen) atoms. The molecule has 0 aliphatic heterocycles. The molecule has 0 amide bonds. The van der Waals surface area contributed by atoms with Gasteiger partial charge in [0.1, 0.15) is 0 Å². The third-order valence-corrected chi connectivity index (χ3v) is 4.04. The number of pyridine rings is 2. The Bertz CT molecular complexity index is 511. The van der Waals surface area contributed by atoms with Crippen LogP contribution < -0.4 is 0 Å². The monoisotopic (exact) mass is 326 g/mol. The molecule has 2 heterocycles. The van der Waals surface area contributed by atoms with Crippen molar-refractivity contribution < 1.29 is 0 Å². The molecule has 132 valence electrons. The summed E-state index contributed by atoms with van der Waals surface area (Å²) >= 11 is 0. The highest BCUT2D eigenvalue weighted by molar-refractivity contribution is 5.21. The van der Waals surface area contributed by atoms with Crippen LogP contribution in [0, 0.1) is 0 Å². The first-order chi connectivity index (χ1) is 11.2. The van der Waals surface area contributed by atoms with E-state index >= 15 is 0 Å². The van der Waals surface area contributed by atoms with Gasteiger partial charge in [0.15, 0.2) is 0 Å². The first kappa shape index (κ1) is 20.3. The van der Waals surface area contributed by atoms with Crippen molar-refractivity contribution in [3.05, 3.63) is 59.2 Å². The maximum atomic E-state index is 4.57. The second-order valence-electron chi connectivity index (χ2n) is 7.62. The first-order valence-electron chi connectivity index (χ1n) is 9.15. The molecule has 2 nitrogen and oxygen atoms in total. The van der Waals surface area contributed by atoms with E-state index in [-0.39, 0.29) is 0 Å². The van der Waals surface area contributed by atoms with Crippen molar-refractivity contribution in [2.45, 2.75) is 79.1 Å². The van der Waals surface area contributed by atoms with Crippen molar-refractivity contribution in [2.24, 2.45) is 0 Å². The summed E-state index contributed by atoms with van der Waals surface area (Å²) in [6, 6.07) is 10.6. The summed E-state index contributed by atoms with van der Waals surface area (Å²) in [5.74, 6) is 2.20. The van der Waals surface area contributed by atoms with Crippen LogP contribution in [0.3, 0.4) is 0 Å². The lowest BCUT2D eigenvalue weighted by Gasteiger charge is -2.08. The molecule has 0 saturated heterocycles. The second kappa shape index (κ2) is 9.56. The van der Waals surface area contributed by atoms with Crippen LogP contribution in [0.1, 0.15) is 102 Å². The number of hydrogen-bond donors (Lipinski definition) is 0. The van der Waals surface area contributed by atoms with Gasteiger partial charge in [0, 0.05) is 23.3 Å². The summed E-state index contributed by atoms with van der Waals surface area (Å²) in [5.41, 5.74) is 4.97. The summed E-state index contributed by atoms with van der Waals surface area (Å²) in [7, 11) is 0. The number of hydrogen-bond acceptors (Lipinski definition) is 2. The van der Waals surface area contributed by atoms with Gasteiger partial charge in [-0.2, -0.15) is 0 Å². The maximum absolute atomic E-state index is 4.57. The highest BCUT2D eigenvalue weighted by Crippen LogP contribution is 2.18. The van der Waals surface area contributed by atoms with Gasteiger partial charge in [-0.15, -0.1) is 0 Å². The molecule has 0 unspecified atom stereocenters. The molecule has 0 fully saturated rings. The van der Waals surface area contributed by atoms with Crippen LogP contribution in [-0.2, 0) is 0 Å². The second-order valence-corrected chi connectivity index (χ2v) is 7.62. The van der Waals surface area contributed by atoms with E-state index in [1.807, 2.05) is 6.20 Å². The van der Waals surface area contributed by atoms with Gasteiger partial charge in [-0.3, -0.25) is 9.97 Å². The zero-order chi connectivity index (χ0) is 18.3. The van der Waals surface area contributed by atoms with Gasteiger partial charge in [-0.05, 0) is 53.5 Å². The SMILES string of the molecule is CC(C)c1cccc(C(C)C)n1.CC(C)c1ccnc(C(C)C)c1. The van der Waals surface area contributed by atoms with Crippen molar-refractivity contribution in [3.63, 3.8) is 0 Å². The molecule has 2 aromatic heterocycles. The van der Waals surface area contributed by atoms with Crippen LogP contribution in [0.4, 0.5) is 0 Å². The topological polar surface area (TPSA) is 25.8 Å². The van der Waals surface area contributed by atoms with E-state index in [1.165, 1.54) is 22.6 Å². The zero-order valence-corrected chi connectivity index (χ0v) is 16.7. The van der Waals surface area contributed by atoms with Gasteiger partial charge < -0.3 is 0 Å². The molecule has 0 aliphatic carbocycles. The van der Waals surface area contributed by atoms with Crippen molar-refractivity contribution in [1.29, 1.82) is 0 Å². The van der Waals surface area contributed by atoms with E-state index in [1.54, 1.807) is 0 Å². The molecule has 0 spiro atoms. The predicted octanol–water partition coefficient (Wildman–Crippen LogP) is 6.66. The Balaban J connectivity index is 0.000000240. The molecule has 0 aliphatic rings.